The zero-order valence-electron chi connectivity index (χ0n) is 13.6. The van der Waals surface area contributed by atoms with Crippen LogP contribution in [0.25, 0.3) is 0 Å². The van der Waals surface area contributed by atoms with Gasteiger partial charge in [-0.2, -0.15) is 0 Å². The van der Waals surface area contributed by atoms with E-state index in [9.17, 15) is 5.11 Å². The Morgan fingerprint density at radius 2 is 1.55 bits per heavy atom. The zero-order chi connectivity index (χ0) is 14.3. The number of rotatable bonds is 6. The lowest BCUT2D eigenvalue weighted by Gasteiger charge is -2.59. The fraction of sp³-hybridized carbons (Fsp3) is 1.00. The topological polar surface area (TPSA) is 23.5 Å². The first-order chi connectivity index (χ1) is 9.56. The molecular weight excluding hydrogens is 246 g/mol. The standard InChI is InChI=1S/C18H33NO/c1-4-13(3)19(5-2)12-17(20)18-9-14-6-15(10-18)8-16(7-14)11-18/h13-17,20H,4-12H2,1-3H3. The van der Waals surface area contributed by atoms with Crippen LogP contribution in [-0.4, -0.2) is 35.2 Å². The minimum atomic E-state index is -0.0927. The number of likely N-dealkylation sites (N-methyl/N-ethyl adjacent to an activating group) is 1. The van der Waals surface area contributed by atoms with Crippen LogP contribution >= 0.6 is 0 Å². The third-order valence-corrected chi connectivity index (χ3v) is 6.82. The molecule has 0 aromatic carbocycles. The normalized spacial score (nSPS) is 42.1. The van der Waals surface area contributed by atoms with E-state index in [1.807, 2.05) is 0 Å². The van der Waals surface area contributed by atoms with Crippen LogP contribution in [-0.2, 0) is 0 Å². The summed E-state index contributed by atoms with van der Waals surface area (Å²) in [6.07, 6.45) is 9.44. The van der Waals surface area contributed by atoms with Gasteiger partial charge in [0.05, 0.1) is 6.10 Å². The molecule has 0 radical (unpaired) electrons. The molecule has 0 aliphatic heterocycles. The van der Waals surface area contributed by atoms with Crippen molar-refractivity contribution in [1.29, 1.82) is 0 Å². The van der Waals surface area contributed by atoms with Crippen LogP contribution in [0.5, 0.6) is 0 Å². The zero-order valence-corrected chi connectivity index (χ0v) is 13.6. The molecule has 4 aliphatic carbocycles. The van der Waals surface area contributed by atoms with E-state index in [1.54, 1.807) is 0 Å². The Hall–Kier alpha value is -0.0800. The highest BCUT2D eigenvalue weighted by molar-refractivity contribution is 5.04. The lowest BCUT2D eigenvalue weighted by Crippen LogP contribution is -2.55. The van der Waals surface area contributed by atoms with Crippen molar-refractivity contribution >= 4 is 0 Å². The van der Waals surface area contributed by atoms with Crippen molar-refractivity contribution < 1.29 is 5.11 Å². The van der Waals surface area contributed by atoms with Gasteiger partial charge in [-0.05, 0) is 81.6 Å². The van der Waals surface area contributed by atoms with E-state index in [0.29, 0.717) is 6.04 Å². The summed E-state index contributed by atoms with van der Waals surface area (Å²) in [6.45, 7) is 8.76. The average Bonchev–Trinajstić information content (AvgIpc) is 2.42. The lowest BCUT2D eigenvalue weighted by atomic mass is 9.48. The van der Waals surface area contributed by atoms with Crippen LogP contribution in [0.1, 0.15) is 65.7 Å². The monoisotopic (exact) mass is 279 g/mol. The summed E-state index contributed by atoms with van der Waals surface area (Å²) >= 11 is 0. The van der Waals surface area contributed by atoms with Crippen LogP contribution in [0, 0.1) is 23.2 Å². The second-order valence-electron chi connectivity index (χ2n) is 8.14. The predicted octanol–water partition coefficient (Wildman–Crippen LogP) is 3.68. The summed E-state index contributed by atoms with van der Waals surface area (Å²) in [5, 5.41) is 11.0. The maximum atomic E-state index is 11.0. The maximum Gasteiger partial charge on any atom is 0.0723 e. The van der Waals surface area contributed by atoms with Crippen molar-refractivity contribution in [2.45, 2.75) is 77.9 Å². The summed E-state index contributed by atoms with van der Waals surface area (Å²) in [5.41, 5.74) is 0.287. The van der Waals surface area contributed by atoms with Crippen molar-refractivity contribution in [2.24, 2.45) is 23.2 Å². The molecule has 4 saturated carbocycles. The number of hydrogen-bond donors (Lipinski definition) is 1. The van der Waals surface area contributed by atoms with Crippen molar-refractivity contribution in [2.75, 3.05) is 13.1 Å². The molecular formula is C18H33NO. The average molecular weight is 279 g/mol. The summed E-state index contributed by atoms with van der Waals surface area (Å²) in [4.78, 5) is 2.49. The fourth-order valence-corrected chi connectivity index (χ4v) is 5.88. The van der Waals surface area contributed by atoms with Crippen LogP contribution < -0.4 is 0 Å². The van der Waals surface area contributed by atoms with E-state index in [0.717, 1.165) is 30.8 Å². The van der Waals surface area contributed by atoms with E-state index in [2.05, 4.69) is 25.7 Å². The molecule has 2 heteroatoms. The van der Waals surface area contributed by atoms with Gasteiger partial charge in [0.2, 0.25) is 0 Å². The largest absolute Gasteiger partial charge is 0.391 e. The first-order valence-electron chi connectivity index (χ1n) is 8.98. The Kier molecular flexibility index (Phi) is 4.16. The van der Waals surface area contributed by atoms with Gasteiger partial charge in [-0.15, -0.1) is 0 Å². The molecule has 0 aromatic heterocycles. The Bertz CT molecular complexity index is 305. The van der Waals surface area contributed by atoms with Crippen molar-refractivity contribution in [3.8, 4) is 0 Å². The Morgan fingerprint density at radius 1 is 1.05 bits per heavy atom. The molecule has 0 aromatic rings. The SMILES string of the molecule is CCC(C)N(CC)CC(O)C12CC3CC(CC(C3)C1)C2. The van der Waals surface area contributed by atoms with E-state index < -0.39 is 0 Å². The molecule has 0 saturated heterocycles. The summed E-state index contributed by atoms with van der Waals surface area (Å²) < 4.78 is 0. The quantitative estimate of drug-likeness (QED) is 0.801. The predicted molar refractivity (Wildman–Crippen MR) is 83.6 cm³/mol. The third kappa shape index (κ3) is 2.54. The summed E-state index contributed by atoms with van der Waals surface area (Å²) in [5.74, 6) is 2.82. The molecule has 4 fully saturated rings. The van der Waals surface area contributed by atoms with Crippen molar-refractivity contribution in [1.82, 2.24) is 4.90 Å². The molecule has 20 heavy (non-hydrogen) atoms. The molecule has 2 nitrogen and oxygen atoms in total. The highest BCUT2D eigenvalue weighted by Crippen LogP contribution is 2.61. The molecule has 4 aliphatic rings. The molecule has 4 rings (SSSR count). The van der Waals surface area contributed by atoms with Gasteiger partial charge >= 0.3 is 0 Å². The summed E-state index contributed by atoms with van der Waals surface area (Å²) in [6, 6.07) is 0.601. The second-order valence-corrected chi connectivity index (χ2v) is 8.14. The van der Waals surface area contributed by atoms with Gasteiger partial charge in [0.15, 0.2) is 0 Å². The van der Waals surface area contributed by atoms with Gasteiger partial charge < -0.3 is 5.11 Å². The highest BCUT2D eigenvalue weighted by atomic mass is 16.3. The smallest absolute Gasteiger partial charge is 0.0723 e. The minimum absolute atomic E-state index is 0.0927. The van der Waals surface area contributed by atoms with Gasteiger partial charge in [-0.3, -0.25) is 4.90 Å². The molecule has 1 N–H and O–H groups in total. The number of aliphatic hydroxyl groups excluding tert-OH is 1. The Balaban J connectivity index is 1.68. The van der Waals surface area contributed by atoms with Gasteiger partial charge in [-0.25, -0.2) is 0 Å². The number of nitrogens with zero attached hydrogens (tertiary/aromatic N) is 1. The molecule has 2 atom stereocenters. The van der Waals surface area contributed by atoms with Gasteiger partial charge in [0.25, 0.3) is 0 Å². The van der Waals surface area contributed by atoms with E-state index >= 15 is 0 Å². The van der Waals surface area contributed by atoms with Crippen molar-refractivity contribution in [3.63, 3.8) is 0 Å². The number of aliphatic hydroxyl groups is 1. The molecule has 0 spiro atoms. The molecule has 0 heterocycles. The van der Waals surface area contributed by atoms with Gasteiger partial charge in [-0.1, -0.05) is 13.8 Å². The van der Waals surface area contributed by atoms with Gasteiger partial charge in [0.1, 0.15) is 0 Å². The van der Waals surface area contributed by atoms with Crippen LogP contribution in [0.15, 0.2) is 0 Å². The van der Waals surface area contributed by atoms with E-state index in [4.69, 9.17) is 0 Å². The van der Waals surface area contributed by atoms with E-state index in [-0.39, 0.29) is 11.5 Å². The summed E-state index contributed by atoms with van der Waals surface area (Å²) in [7, 11) is 0. The number of hydrogen-bond acceptors (Lipinski definition) is 2. The van der Waals surface area contributed by atoms with Gasteiger partial charge in [0, 0.05) is 12.6 Å². The Labute approximate surface area is 124 Å². The molecule has 2 unspecified atom stereocenters. The minimum Gasteiger partial charge on any atom is -0.391 e. The fourth-order valence-electron chi connectivity index (χ4n) is 5.88. The molecule has 0 amide bonds. The highest BCUT2D eigenvalue weighted by Gasteiger charge is 2.54. The van der Waals surface area contributed by atoms with Crippen LogP contribution in [0.2, 0.25) is 0 Å². The molecule has 116 valence electrons. The van der Waals surface area contributed by atoms with Crippen LogP contribution in [0.3, 0.4) is 0 Å². The van der Waals surface area contributed by atoms with Crippen molar-refractivity contribution in [3.05, 3.63) is 0 Å². The first-order valence-corrected chi connectivity index (χ1v) is 8.98. The lowest BCUT2D eigenvalue weighted by molar-refractivity contribution is -0.128. The second kappa shape index (κ2) is 5.61. The Morgan fingerprint density at radius 3 is 1.95 bits per heavy atom. The third-order valence-electron chi connectivity index (χ3n) is 6.82. The first kappa shape index (κ1) is 14.8. The molecule has 4 bridgehead atoms. The maximum absolute atomic E-state index is 11.0. The van der Waals surface area contributed by atoms with E-state index in [1.165, 1.54) is 44.9 Å². The van der Waals surface area contributed by atoms with Crippen LogP contribution in [0.4, 0.5) is 0 Å².